The van der Waals surface area contributed by atoms with Crippen LogP contribution in [0.25, 0.3) is 0 Å². The summed E-state index contributed by atoms with van der Waals surface area (Å²) in [5, 5.41) is 0. The van der Waals surface area contributed by atoms with Crippen LogP contribution < -0.4 is 11.5 Å². The number of nitrogen functional groups attached to an aromatic ring is 1. The number of nitrogens with two attached hydrogens (primary N) is 2. The smallest absolute Gasteiger partial charge is 0.254 e. The molecule has 21 heavy (non-hydrogen) atoms. The molecular weight excluding hydrogens is 273 g/mol. The maximum atomic E-state index is 13.7. The van der Waals surface area contributed by atoms with Gasteiger partial charge in [-0.1, -0.05) is 0 Å². The van der Waals surface area contributed by atoms with Gasteiger partial charge in [-0.2, -0.15) is 0 Å². The number of rotatable bonds is 3. The van der Waals surface area contributed by atoms with Crippen LogP contribution in [0.1, 0.15) is 35.2 Å². The van der Waals surface area contributed by atoms with E-state index in [0.717, 1.165) is 12.8 Å². The summed E-state index contributed by atoms with van der Waals surface area (Å²) in [5.74, 6) is -0.778. The molecule has 0 aliphatic carbocycles. The van der Waals surface area contributed by atoms with Gasteiger partial charge in [0, 0.05) is 36.3 Å². The molecule has 1 aliphatic heterocycles. The lowest BCUT2D eigenvalue weighted by Gasteiger charge is -2.31. The molecule has 0 aromatic heterocycles. The molecule has 4 N–H and O–H groups in total. The summed E-state index contributed by atoms with van der Waals surface area (Å²) in [7, 11) is 0. The zero-order chi connectivity index (χ0) is 15.6. The average molecular weight is 293 g/mol. The molecule has 0 bridgehead atoms. The van der Waals surface area contributed by atoms with Crippen molar-refractivity contribution < 1.29 is 14.0 Å². The predicted octanol–water partition coefficient (Wildman–Crippen LogP) is 1.44. The zero-order valence-corrected chi connectivity index (χ0v) is 12.1. The molecular formula is C15H20FN3O2. The van der Waals surface area contributed by atoms with Crippen molar-refractivity contribution in [3.8, 4) is 0 Å². The van der Waals surface area contributed by atoms with Crippen LogP contribution in [-0.4, -0.2) is 29.8 Å². The Bertz CT molecular complexity index is 543. The molecule has 2 amide bonds. The second-order valence-electron chi connectivity index (χ2n) is 5.58. The highest BCUT2D eigenvalue weighted by atomic mass is 19.1. The van der Waals surface area contributed by atoms with E-state index in [1.54, 1.807) is 11.8 Å². The maximum Gasteiger partial charge on any atom is 0.254 e. The van der Waals surface area contributed by atoms with Crippen molar-refractivity contribution in [1.29, 1.82) is 0 Å². The molecule has 1 aliphatic rings. The van der Waals surface area contributed by atoms with E-state index < -0.39 is 5.82 Å². The first-order valence-corrected chi connectivity index (χ1v) is 7.01. The molecule has 2 rings (SSSR count). The molecule has 0 radical (unpaired) electrons. The standard InChI is InChI=1S/C15H20FN3O2/c1-9-12(16)7-11(8-13(9)17)15(21)19-4-2-10(3-5-19)6-14(18)20/h7-8,10H,2-6,17H2,1H3,(H2,18,20). The number of amides is 2. The summed E-state index contributed by atoms with van der Waals surface area (Å²) in [5.41, 5.74) is 11.8. The van der Waals surface area contributed by atoms with E-state index in [4.69, 9.17) is 11.5 Å². The molecule has 1 aromatic rings. The number of hydrogen-bond donors (Lipinski definition) is 2. The van der Waals surface area contributed by atoms with Gasteiger partial charge in [-0.25, -0.2) is 4.39 Å². The topological polar surface area (TPSA) is 89.4 Å². The fraction of sp³-hybridized carbons (Fsp3) is 0.467. The monoisotopic (exact) mass is 293 g/mol. The lowest BCUT2D eigenvalue weighted by molar-refractivity contribution is -0.119. The van der Waals surface area contributed by atoms with Crippen molar-refractivity contribution in [1.82, 2.24) is 4.90 Å². The molecule has 6 heteroatoms. The summed E-state index contributed by atoms with van der Waals surface area (Å²) < 4.78 is 13.7. The molecule has 1 saturated heterocycles. The highest BCUT2D eigenvalue weighted by Gasteiger charge is 2.25. The fourth-order valence-electron chi connectivity index (χ4n) is 2.63. The second kappa shape index (κ2) is 6.11. The molecule has 1 fully saturated rings. The van der Waals surface area contributed by atoms with Gasteiger partial charge in [-0.3, -0.25) is 9.59 Å². The lowest BCUT2D eigenvalue weighted by atomic mass is 9.93. The van der Waals surface area contributed by atoms with Crippen LogP contribution in [-0.2, 0) is 4.79 Å². The minimum absolute atomic E-state index is 0.224. The van der Waals surface area contributed by atoms with Crippen LogP contribution in [0.4, 0.5) is 10.1 Å². The Hall–Kier alpha value is -2.11. The van der Waals surface area contributed by atoms with Crippen LogP contribution in [0.3, 0.4) is 0 Å². The van der Waals surface area contributed by atoms with Crippen molar-refractivity contribution >= 4 is 17.5 Å². The van der Waals surface area contributed by atoms with Crippen molar-refractivity contribution in [2.24, 2.45) is 11.7 Å². The quantitative estimate of drug-likeness (QED) is 0.826. The molecule has 0 saturated carbocycles. The van der Waals surface area contributed by atoms with E-state index in [2.05, 4.69) is 0 Å². The lowest BCUT2D eigenvalue weighted by Crippen LogP contribution is -2.39. The Labute approximate surface area is 123 Å². The summed E-state index contributed by atoms with van der Waals surface area (Å²) in [4.78, 5) is 24.9. The molecule has 5 nitrogen and oxygen atoms in total. The third-order valence-corrected chi connectivity index (χ3v) is 4.02. The van der Waals surface area contributed by atoms with E-state index in [1.807, 2.05) is 0 Å². The first-order valence-electron chi connectivity index (χ1n) is 7.01. The van der Waals surface area contributed by atoms with Gasteiger partial charge >= 0.3 is 0 Å². The van der Waals surface area contributed by atoms with E-state index in [0.29, 0.717) is 25.1 Å². The highest BCUT2D eigenvalue weighted by molar-refractivity contribution is 5.95. The second-order valence-corrected chi connectivity index (χ2v) is 5.58. The maximum absolute atomic E-state index is 13.7. The number of piperidine rings is 1. The van der Waals surface area contributed by atoms with Crippen LogP contribution >= 0.6 is 0 Å². The number of benzene rings is 1. The molecule has 0 atom stereocenters. The van der Waals surface area contributed by atoms with Crippen molar-refractivity contribution in [3.63, 3.8) is 0 Å². The minimum Gasteiger partial charge on any atom is -0.398 e. The predicted molar refractivity (Wildman–Crippen MR) is 78.0 cm³/mol. The number of carbonyl (C=O) groups is 2. The Morgan fingerprint density at radius 2 is 1.95 bits per heavy atom. The van der Waals surface area contributed by atoms with Gasteiger partial charge in [0.05, 0.1) is 0 Å². The van der Waals surface area contributed by atoms with E-state index >= 15 is 0 Å². The van der Waals surface area contributed by atoms with Gasteiger partial charge < -0.3 is 16.4 Å². The Balaban J connectivity index is 2.04. The van der Waals surface area contributed by atoms with Crippen molar-refractivity contribution in [2.75, 3.05) is 18.8 Å². The Morgan fingerprint density at radius 3 is 2.48 bits per heavy atom. The Kier molecular flexibility index (Phi) is 4.45. The van der Waals surface area contributed by atoms with E-state index in [-0.39, 0.29) is 29.0 Å². The Morgan fingerprint density at radius 1 is 1.33 bits per heavy atom. The molecule has 114 valence electrons. The number of primary amides is 1. The average Bonchev–Trinajstić information content (AvgIpc) is 2.43. The van der Waals surface area contributed by atoms with Gasteiger partial charge in [0.1, 0.15) is 5.82 Å². The fourth-order valence-corrected chi connectivity index (χ4v) is 2.63. The zero-order valence-electron chi connectivity index (χ0n) is 12.1. The van der Waals surface area contributed by atoms with Crippen LogP contribution in [0.15, 0.2) is 12.1 Å². The first kappa shape index (κ1) is 15.3. The molecule has 1 aromatic carbocycles. The number of likely N-dealkylation sites (tertiary alicyclic amines) is 1. The summed E-state index contributed by atoms with van der Waals surface area (Å²) in [6, 6.07) is 2.74. The van der Waals surface area contributed by atoms with Crippen molar-refractivity contribution in [3.05, 3.63) is 29.1 Å². The number of hydrogen-bond acceptors (Lipinski definition) is 3. The van der Waals surface area contributed by atoms with E-state index in [9.17, 15) is 14.0 Å². The van der Waals surface area contributed by atoms with Crippen LogP contribution in [0.5, 0.6) is 0 Å². The number of anilines is 1. The van der Waals surface area contributed by atoms with Gasteiger partial charge in [0.25, 0.3) is 5.91 Å². The molecule has 1 heterocycles. The van der Waals surface area contributed by atoms with Crippen LogP contribution in [0.2, 0.25) is 0 Å². The van der Waals surface area contributed by atoms with Gasteiger partial charge in [0.2, 0.25) is 5.91 Å². The molecule has 0 unspecified atom stereocenters. The van der Waals surface area contributed by atoms with Crippen molar-refractivity contribution in [2.45, 2.75) is 26.2 Å². The van der Waals surface area contributed by atoms with Crippen LogP contribution in [0, 0.1) is 18.7 Å². The summed E-state index contributed by atoms with van der Waals surface area (Å²) in [6.45, 7) is 2.67. The normalized spacial score (nSPS) is 16.0. The SMILES string of the molecule is Cc1c(N)cc(C(=O)N2CCC(CC(N)=O)CC2)cc1F. The highest BCUT2D eigenvalue weighted by Crippen LogP contribution is 2.23. The third-order valence-electron chi connectivity index (χ3n) is 4.02. The number of nitrogens with zero attached hydrogens (tertiary/aromatic N) is 1. The minimum atomic E-state index is -0.470. The summed E-state index contributed by atoms with van der Waals surface area (Å²) >= 11 is 0. The number of carbonyl (C=O) groups excluding carboxylic acids is 2. The van der Waals surface area contributed by atoms with E-state index in [1.165, 1.54) is 12.1 Å². The van der Waals surface area contributed by atoms with Gasteiger partial charge in [0.15, 0.2) is 0 Å². The van der Waals surface area contributed by atoms with Gasteiger partial charge in [-0.15, -0.1) is 0 Å². The third kappa shape index (κ3) is 3.51. The molecule has 0 spiro atoms. The van der Waals surface area contributed by atoms with Gasteiger partial charge in [-0.05, 0) is 37.8 Å². The summed E-state index contributed by atoms with van der Waals surface area (Å²) in [6.07, 6.45) is 1.82. The first-order chi connectivity index (χ1) is 9.88. The number of halogens is 1. The largest absolute Gasteiger partial charge is 0.398 e.